The van der Waals surface area contributed by atoms with E-state index in [1.54, 1.807) is 24.3 Å². The number of benzene rings is 2. The van der Waals surface area contributed by atoms with Crippen LogP contribution in [0.15, 0.2) is 24.3 Å². The summed E-state index contributed by atoms with van der Waals surface area (Å²) in [6.45, 7) is 2.04. The molecule has 0 saturated carbocycles. The number of hydrogen-bond donors (Lipinski definition) is 2. The van der Waals surface area contributed by atoms with E-state index in [1.807, 2.05) is 0 Å². The van der Waals surface area contributed by atoms with Gasteiger partial charge in [-0.2, -0.15) is 0 Å². The van der Waals surface area contributed by atoms with Crippen LogP contribution in [0.1, 0.15) is 50.2 Å². The molecular weight excluding hydrogens is 372 g/mol. The quantitative estimate of drug-likeness (QED) is 0.534. The second kappa shape index (κ2) is 9.07. The minimum atomic E-state index is -0.298. The largest absolute Gasteiger partial charge is 0.497 e. The molecule has 1 aliphatic rings. The van der Waals surface area contributed by atoms with E-state index in [0.717, 1.165) is 24.9 Å². The molecule has 0 atom stereocenters. The SMILES string of the molecule is COc1cc(OC)c2c(c1)C(=O)c1cc(CNCCCCN)cc(OC)c1C2=O. The van der Waals surface area contributed by atoms with E-state index in [-0.39, 0.29) is 28.3 Å². The zero-order valence-electron chi connectivity index (χ0n) is 17.0. The summed E-state index contributed by atoms with van der Waals surface area (Å²) in [4.78, 5) is 26.5. The summed E-state index contributed by atoms with van der Waals surface area (Å²) < 4.78 is 16.1. The van der Waals surface area contributed by atoms with Gasteiger partial charge in [0.1, 0.15) is 17.2 Å². The summed E-state index contributed by atoms with van der Waals surface area (Å²) >= 11 is 0. The van der Waals surface area contributed by atoms with Crippen LogP contribution in [0.2, 0.25) is 0 Å². The first-order valence-electron chi connectivity index (χ1n) is 9.52. The lowest BCUT2D eigenvalue weighted by molar-refractivity contribution is 0.0973. The van der Waals surface area contributed by atoms with Crippen molar-refractivity contribution in [3.05, 3.63) is 52.1 Å². The average Bonchev–Trinajstić information content (AvgIpc) is 2.75. The van der Waals surface area contributed by atoms with Gasteiger partial charge in [0.15, 0.2) is 5.78 Å². The number of ketones is 2. The maximum Gasteiger partial charge on any atom is 0.201 e. The van der Waals surface area contributed by atoms with Gasteiger partial charge in [0.2, 0.25) is 5.78 Å². The van der Waals surface area contributed by atoms with E-state index in [1.165, 1.54) is 21.3 Å². The molecule has 7 nitrogen and oxygen atoms in total. The molecule has 154 valence electrons. The van der Waals surface area contributed by atoms with Crippen LogP contribution in [-0.2, 0) is 6.54 Å². The molecule has 1 aliphatic carbocycles. The van der Waals surface area contributed by atoms with Crippen molar-refractivity contribution < 1.29 is 23.8 Å². The first kappa shape index (κ1) is 20.8. The first-order chi connectivity index (χ1) is 14.0. The second-order valence-corrected chi connectivity index (χ2v) is 6.80. The molecular formula is C22H26N2O5. The van der Waals surface area contributed by atoms with Gasteiger partial charge in [-0.15, -0.1) is 0 Å². The summed E-state index contributed by atoms with van der Waals surface area (Å²) in [7, 11) is 4.45. The van der Waals surface area contributed by atoms with Crippen molar-refractivity contribution in [1.29, 1.82) is 0 Å². The summed E-state index contributed by atoms with van der Waals surface area (Å²) in [5, 5.41) is 3.33. The highest BCUT2D eigenvalue weighted by atomic mass is 16.5. The standard InChI is InChI=1S/C22H26N2O5/c1-27-14-10-16-20(18(11-14)29-3)22(26)19-15(21(16)25)8-13(9-17(19)28-2)12-24-7-5-4-6-23/h8-11,24H,4-7,12,23H2,1-3H3. The number of ether oxygens (including phenoxy) is 3. The number of hydrogen-bond acceptors (Lipinski definition) is 7. The van der Waals surface area contributed by atoms with Crippen molar-refractivity contribution in [2.75, 3.05) is 34.4 Å². The molecule has 29 heavy (non-hydrogen) atoms. The highest BCUT2D eigenvalue weighted by Gasteiger charge is 2.36. The van der Waals surface area contributed by atoms with Crippen molar-refractivity contribution >= 4 is 11.6 Å². The Balaban J connectivity index is 2.02. The van der Waals surface area contributed by atoms with Crippen LogP contribution < -0.4 is 25.3 Å². The number of carbonyl (C=O) groups excluding carboxylic acids is 2. The third kappa shape index (κ3) is 3.97. The Labute approximate surface area is 170 Å². The Kier molecular flexibility index (Phi) is 6.51. The number of methoxy groups -OCH3 is 3. The number of carbonyl (C=O) groups is 2. The molecule has 0 amide bonds. The van der Waals surface area contributed by atoms with Gasteiger partial charge in [-0.3, -0.25) is 9.59 Å². The van der Waals surface area contributed by atoms with Crippen molar-refractivity contribution in [2.45, 2.75) is 19.4 Å². The van der Waals surface area contributed by atoms with Gasteiger partial charge in [0.25, 0.3) is 0 Å². The molecule has 3 rings (SSSR count). The van der Waals surface area contributed by atoms with Crippen LogP contribution in [0.3, 0.4) is 0 Å². The molecule has 0 radical (unpaired) electrons. The molecule has 0 unspecified atom stereocenters. The molecule has 0 spiro atoms. The summed E-state index contributed by atoms with van der Waals surface area (Å²) in [6.07, 6.45) is 1.93. The second-order valence-electron chi connectivity index (χ2n) is 6.80. The number of nitrogens with one attached hydrogen (secondary N) is 1. The van der Waals surface area contributed by atoms with Gasteiger partial charge in [0, 0.05) is 23.7 Å². The maximum atomic E-state index is 13.3. The predicted octanol–water partition coefficient (Wildman–Crippen LogP) is 2.32. The average molecular weight is 398 g/mol. The molecule has 0 heterocycles. The smallest absolute Gasteiger partial charge is 0.201 e. The van der Waals surface area contributed by atoms with Gasteiger partial charge in [-0.25, -0.2) is 0 Å². The number of nitrogens with two attached hydrogens (primary N) is 1. The molecule has 3 N–H and O–H groups in total. The van der Waals surface area contributed by atoms with Gasteiger partial charge < -0.3 is 25.3 Å². The Morgan fingerprint density at radius 2 is 1.48 bits per heavy atom. The molecule has 0 aliphatic heterocycles. The van der Waals surface area contributed by atoms with Crippen LogP contribution in [-0.4, -0.2) is 46.0 Å². The molecule has 0 aromatic heterocycles. The molecule has 7 heteroatoms. The van der Waals surface area contributed by atoms with Crippen molar-refractivity contribution in [3.8, 4) is 17.2 Å². The highest BCUT2D eigenvalue weighted by Crippen LogP contribution is 2.40. The van der Waals surface area contributed by atoms with Crippen molar-refractivity contribution in [3.63, 3.8) is 0 Å². The minimum Gasteiger partial charge on any atom is -0.497 e. The normalized spacial score (nSPS) is 12.4. The fourth-order valence-electron chi connectivity index (χ4n) is 3.53. The number of fused-ring (bicyclic) bond motifs is 2. The maximum absolute atomic E-state index is 13.3. The van der Waals surface area contributed by atoms with Gasteiger partial charge in [-0.1, -0.05) is 0 Å². The first-order valence-corrected chi connectivity index (χ1v) is 9.52. The number of rotatable bonds is 9. The third-order valence-corrected chi connectivity index (χ3v) is 4.99. The van der Waals surface area contributed by atoms with Crippen LogP contribution in [0, 0.1) is 0 Å². The molecule has 2 aromatic rings. The van der Waals surface area contributed by atoms with Crippen LogP contribution in [0.4, 0.5) is 0 Å². The monoisotopic (exact) mass is 398 g/mol. The molecule has 0 fully saturated rings. The highest BCUT2D eigenvalue weighted by molar-refractivity contribution is 6.30. The van der Waals surface area contributed by atoms with E-state index in [2.05, 4.69) is 5.32 Å². The fourth-order valence-corrected chi connectivity index (χ4v) is 3.53. The third-order valence-electron chi connectivity index (χ3n) is 4.99. The Bertz CT molecular complexity index is 939. The molecule has 0 bridgehead atoms. The van der Waals surface area contributed by atoms with Crippen LogP contribution in [0.25, 0.3) is 0 Å². The van der Waals surface area contributed by atoms with E-state index in [4.69, 9.17) is 19.9 Å². The Hall–Kier alpha value is -2.90. The Morgan fingerprint density at radius 3 is 2.10 bits per heavy atom. The topological polar surface area (TPSA) is 99.9 Å². The lowest BCUT2D eigenvalue weighted by atomic mass is 9.82. The van der Waals surface area contributed by atoms with Crippen molar-refractivity contribution in [1.82, 2.24) is 5.32 Å². The van der Waals surface area contributed by atoms with Gasteiger partial charge in [0.05, 0.1) is 32.5 Å². The zero-order chi connectivity index (χ0) is 21.0. The van der Waals surface area contributed by atoms with Gasteiger partial charge >= 0.3 is 0 Å². The van der Waals surface area contributed by atoms with Crippen LogP contribution >= 0.6 is 0 Å². The number of unbranched alkanes of at least 4 members (excludes halogenated alkanes) is 1. The summed E-state index contributed by atoms with van der Waals surface area (Å²) in [5.41, 5.74) is 7.48. The summed E-state index contributed by atoms with van der Waals surface area (Å²) in [6, 6.07) is 6.72. The molecule has 0 saturated heterocycles. The molecule has 2 aromatic carbocycles. The van der Waals surface area contributed by atoms with E-state index >= 15 is 0 Å². The van der Waals surface area contributed by atoms with E-state index in [9.17, 15) is 9.59 Å². The van der Waals surface area contributed by atoms with E-state index in [0.29, 0.717) is 35.9 Å². The summed E-state index contributed by atoms with van der Waals surface area (Å²) in [5.74, 6) is 0.581. The fraction of sp³-hybridized carbons (Fsp3) is 0.364. The van der Waals surface area contributed by atoms with E-state index < -0.39 is 0 Å². The Morgan fingerprint density at radius 1 is 0.828 bits per heavy atom. The minimum absolute atomic E-state index is 0.233. The lowest BCUT2D eigenvalue weighted by Crippen LogP contribution is -2.24. The zero-order valence-corrected chi connectivity index (χ0v) is 17.0. The predicted molar refractivity (Wildman–Crippen MR) is 109 cm³/mol. The lowest BCUT2D eigenvalue weighted by Gasteiger charge is -2.23. The van der Waals surface area contributed by atoms with Crippen LogP contribution in [0.5, 0.6) is 17.2 Å². The van der Waals surface area contributed by atoms with Crippen molar-refractivity contribution in [2.24, 2.45) is 5.73 Å². The van der Waals surface area contributed by atoms with Gasteiger partial charge in [-0.05, 0) is 49.7 Å².